The van der Waals surface area contributed by atoms with Gasteiger partial charge in [0, 0.05) is 17.0 Å². The predicted octanol–water partition coefficient (Wildman–Crippen LogP) is 3.20. The lowest BCUT2D eigenvalue weighted by Crippen LogP contribution is -2.20. The van der Waals surface area contributed by atoms with Crippen molar-refractivity contribution in [1.82, 2.24) is 0 Å². The third-order valence-electron chi connectivity index (χ3n) is 4.18. The average molecular weight is 385 g/mol. The van der Waals surface area contributed by atoms with Gasteiger partial charge in [0.15, 0.2) is 6.61 Å². The molecule has 0 bridgehead atoms. The van der Waals surface area contributed by atoms with Gasteiger partial charge in [-0.25, -0.2) is 4.79 Å². The number of nitrogens with zero attached hydrogens (tertiary/aromatic N) is 2. The first-order chi connectivity index (χ1) is 13.0. The highest BCUT2D eigenvalue weighted by molar-refractivity contribution is 7.16. The van der Waals surface area contributed by atoms with E-state index in [4.69, 9.17) is 4.74 Å². The van der Waals surface area contributed by atoms with Gasteiger partial charge in [0.1, 0.15) is 11.1 Å². The van der Waals surface area contributed by atoms with Crippen LogP contribution in [-0.4, -0.2) is 23.4 Å². The Hall–Kier alpha value is -3.25. The number of thiophene rings is 1. The van der Waals surface area contributed by atoms with E-state index in [2.05, 4.69) is 11.4 Å². The van der Waals surface area contributed by atoms with Crippen LogP contribution in [0.15, 0.2) is 24.3 Å². The minimum absolute atomic E-state index is 0.109. The standard InChI is InChI=1S/C18H15N3O5S/c19-9-14-13-3-1-2-4-15(13)27-17(14)20-16(22)10-26-18(23)11-5-7-12(8-6-11)21(24)25/h5-8H,1-4,10H2,(H,20,22). The number of aryl methyl sites for hydroxylation is 1. The molecular weight excluding hydrogens is 370 g/mol. The summed E-state index contributed by atoms with van der Waals surface area (Å²) in [5.74, 6) is -1.30. The van der Waals surface area contributed by atoms with Crippen molar-refractivity contribution in [3.63, 3.8) is 0 Å². The molecule has 0 saturated heterocycles. The van der Waals surface area contributed by atoms with Gasteiger partial charge in [-0.2, -0.15) is 5.26 Å². The van der Waals surface area contributed by atoms with Gasteiger partial charge in [0.25, 0.3) is 11.6 Å². The second-order valence-corrected chi connectivity index (χ2v) is 7.06. The summed E-state index contributed by atoms with van der Waals surface area (Å²) in [5, 5.41) is 23.1. The molecule has 0 saturated carbocycles. The molecule has 1 N–H and O–H groups in total. The Labute approximate surface area is 158 Å². The van der Waals surface area contributed by atoms with E-state index in [1.165, 1.54) is 35.6 Å². The average Bonchev–Trinajstić information content (AvgIpc) is 3.03. The Morgan fingerprint density at radius 1 is 1.26 bits per heavy atom. The summed E-state index contributed by atoms with van der Waals surface area (Å²) in [7, 11) is 0. The summed E-state index contributed by atoms with van der Waals surface area (Å²) in [6.07, 6.45) is 3.83. The van der Waals surface area contributed by atoms with Crippen molar-refractivity contribution in [3.05, 3.63) is 55.9 Å². The molecule has 0 atom stereocenters. The Kier molecular flexibility index (Phi) is 5.47. The largest absolute Gasteiger partial charge is 0.452 e. The number of nitriles is 1. The lowest BCUT2D eigenvalue weighted by atomic mass is 9.96. The number of carbonyl (C=O) groups is 2. The molecule has 1 aromatic heterocycles. The van der Waals surface area contributed by atoms with E-state index in [0.717, 1.165) is 36.1 Å². The van der Waals surface area contributed by atoms with E-state index in [-0.39, 0.29) is 11.3 Å². The number of anilines is 1. The third-order valence-corrected chi connectivity index (χ3v) is 5.39. The summed E-state index contributed by atoms with van der Waals surface area (Å²) in [5.41, 5.74) is 1.46. The number of nitro benzene ring substituents is 1. The lowest BCUT2D eigenvalue weighted by molar-refractivity contribution is -0.384. The van der Waals surface area contributed by atoms with E-state index in [9.17, 15) is 25.0 Å². The number of rotatable bonds is 5. The smallest absolute Gasteiger partial charge is 0.338 e. The van der Waals surface area contributed by atoms with Crippen LogP contribution in [0.4, 0.5) is 10.7 Å². The van der Waals surface area contributed by atoms with Crippen LogP contribution in [0.1, 0.15) is 39.2 Å². The molecule has 1 amide bonds. The minimum atomic E-state index is -0.758. The van der Waals surface area contributed by atoms with Crippen LogP contribution < -0.4 is 5.32 Å². The fourth-order valence-electron chi connectivity index (χ4n) is 2.87. The van der Waals surface area contributed by atoms with Gasteiger partial charge in [-0.05, 0) is 43.4 Å². The number of fused-ring (bicyclic) bond motifs is 1. The molecule has 0 spiro atoms. The van der Waals surface area contributed by atoms with E-state index in [0.29, 0.717) is 10.6 Å². The molecule has 1 aromatic carbocycles. The molecule has 1 heterocycles. The van der Waals surface area contributed by atoms with Crippen LogP contribution in [0.3, 0.4) is 0 Å². The molecule has 0 radical (unpaired) electrons. The Morgan fingerprint density at radius 3 is 2.63 bits per heavy atom. The topological polar surface area (TPSA) is 122 Å². The molecule has 3 rings (SSSR count). The van der Waals surface area contributed by atoms with Gasteiger partial charge >= 0.3 is 5.97 Å². The number of non-ortho nitro benzene ring substituents is 1. The first-order valence-electron chi connectivity index (χ1n) is 8.25. The first kappa shape index (κ1) is 18.5. The summed E-state index contributed by atoms with van der Waals surface area (Å²) in [4.78, 5) is 35.2. The molecule has 9 heteroatoms. The third kappa shape index (κ3) is 4.12. The van der Waals surface area contributed by atoms with Gasteiger partial charge < -0.3 is 10.1 Å². The van der Waals surface area contributed by atoms with Gasteiger partial charge in [0.05, 0.1) is 16.1 Å². The second-order valence-electron chi connectivity index (χ2n) is 5.96. The van der Waals surface area contributed by atoms with E-state index in [1.54, 1.807) is 0 Å². The van der Waals surface area contributed by atoms with Crippen LogP contribution in [-0.2, 0) is 22.4 Å². The van der Waals surface area contributed by atoms with Crippen LogP contribution in [0, 0.1) is 21.4 Å². The van der Waals surface area contributed by atoms with Crippen molar-refractivity contribution >= 4 is 33.9 Å². The molecule has 1 aliphatic carbocycles. The molecule has 27 heavy (non-hydrogen) atoms. The SMILES string of the molecule is N#Cc1c(NC(=O)COC(=O)c2ccc([N+](=O)[O-])cc2)sc2c1CCCC2. The molecule has 2 aromatic rings. The number of amides is 1. The van der Waals surface area contributed by atoms with Crippen LogP contribution in [0.5, 0.6) is 0 Å². The number of esters is 1. The summed E-state index contributed by atoms with van der Waals surface area (Å²) in [6, 6.07) is 7.05. The van der Waals surface area contributed by atoms with Crippen molar-refractivity contribution < 1.29 is 19.2 Å². The minimum Gasteiger partial charge on any atom is -0.452 e. The van der Waals surface area contributed by atoms with E-state index in [1.807, 2.05) is 0 Å². The van der Waals surface area contributed by atoms with Gasteiger partial charge in [-0.15, -0.1) is 11.3 Å². The van der Waals surface area contributed by atoms with Gasteiger partial charge in [-0.1, -0.05) is 0 Å². The fourth-order valence-corrected chi connectivity index (χ4v) is 4.12. The monoisotopic (exact) mass is 385 g/mol. The molecular formula is C18H15N3O5S. The zero-order chi connectivity index (χ0) is 19.4. The number of carbonyl (C=O) groups excluding carboxylic acids is 2. The Morgan fingerprint density at radius 2 is 1.96 bits per heavy atom. The zero-order valence-corrected chi connectivity index (χ0v) is 15.0. The second kappa shape index (κ2) is 7.97. The highest BCUT2D eigenvalue weighted by Crippen LogP contribution is 2.37. The maximum Gasteiger partial charge on any atom is 0.338 e. The van der Waals surface area contributed by atoms with Crippen LogP contribution in [0.25, 0.3) is 0 Å². The summed E-state index contributed by atoms with van der Waals surface area (Å²) < 4.78 is 4.94. The fraction of sp³-hybridized carbons (Fsp3) is 0.278. The van der Waals surface area contributed by atoms with Crippen molar-refractivity contribution in [2.45, 2.75) is 25.7 Å². The summed E-state index contributed by atoms with van der Waals surface area (Å²) in [6.45, 7) is -0.511. The normalized spacial score (nSPS) is 12.6. The predicted molar refractivity (Wildman–Crippen MR) is 97.7 cm³/mol. The van der Waals surface area contributed by atoms with Crippen molar-refractivity contribution in [3.8, 4) is 6.07 Å². The molecule has 0 aliphatic heterocycles. The molecule has 138 valence electrons. The number of hydrogen-bond acceptors (Lipinski definition) is 7. The molecule has 0 unspecified atom stereocenters. The van der Waals surface area contributed by atoms with E-state index < -0.39 is 23.4 Å². The number of nitrogens with one attached hydrogen (secondary N) is 1. The zero-order valence-electron chi connectivity index (χ0n) is 14.2. The van der Waals surface area contributed by atoms with Crippen LogP contribution >= 0.6 is 11.3 Å². The lowest BCUT2D eigenvalue weighted by Gasteiger charge is -2.09. The molecule has 0 fully saturated rings. The van der Waals surface area contributed by atoms with E-state index >= 15 is 0 Å². The summed E-state index contributed by atoms with van der Waals surface area (Å²) >= 11 is 1.39. The Bertz CT molecular complexity index is 943. The van der Waals surface area contributed by atoms with Crippen LogP contribution in [0.2, 0.25) is 0 Å². The van der Waals surface area contributed by atoms with Crippen molar-refractivity contribution in [2.24, 2.45) is 0 Å². The number of benzene rings is 1. The van der Waals surface area contributed by atoms with Gasteiger partial charge in [0.2, 0.25) is 0 Å². The maximum absolute atomic E-state index is 12.1. The number of ether oxygens (including phenoxy) is 1. The molecule has 1 aliphatic rings. The van der Waals surface area contributed by atoms with Gasteiger partial charge in [-0.3, -0.25) is 14.9 Å². The molecule has 8 nitrogen and oxygen atoms in total. The Balaban J connectivity index is 1.60. The number of nitro groups is 1. The van der Waals surface area contributed by atoms with Crippen molar-refractivity contribution in [1.29, 1.82) is 5.26 Å². The highest BCUT2D eigenvalue weighted by Gasteiger charge is 2.22. The number of hydrogen-bond donors (Lipinski definition) is 1. The van der Waals surface area contributed by atoms with Crippen molar-refractivity contribution in [2.75, 3.05) is 11.9 Å². The first-order valence-corrected chi connectivity index (χ1v) is 9.07. The highest BCUT2D eigenvalue weighted by atomic mass is 32.1. The maximum atomic E-state index is 12.1. The quantitative estimate of drug-likeness (QED) is 0.479.